The van der Waals surface area contributed by atoms with E-state index in [0.717, 1.165) is 23.2 Å². The predicted molar refractivity (Wildman–Crippen MR) is 127 cm³/mol. The van der Waals surface area contributed by atoms with E-state index in [9.17, 15) is 8.42 Å². The second kappa shape index (κ2) is 10.2. The van der Waals surface area contributed by atoms with Gasteiger partial charge in [-0.3, -0.25) is 0 Å². The Morgan fingerprint density at radius 1 is 1.00 bits per heavy atom. The van der Waals surface area contributed by atoms with Gasteiger partial charge in [0.1, 0.15) is 4.90 Å². The summed E-state index contributed by atoms with van der Waals surface area (Å²) in [5.74, 6) is 0.508. The first kappa shape index (κ1) is 23.2. The van der Waals surface area contributed by atoms with Gasteiger partial charge in [-0.05, 0) is 77.7 Å². The zero-order valence-corrected chi connectivity index (χ0v) is 20.2. The lowest BCUT2D eigenvalue weighted by molar-refractivity contribution is 0.326. The van der Waals surface area contributed by atoms with Crippen LogP contribution in [0.5, 0.6) is 11.5 Å². The lowest BCUT2D eigenvalue weighted by atomic mass is 10.1. The molecule has 0 saturated heterocycles. The number of ether oxygens (including phenoxy) is 1. The minimum absolute atomic E-state index is 0.0920. The standard InChI is InChI=1S/C24H26BrNO4S/c1-4-19-8-6-7-9-22(19)26-16-18-14-21(25)24(23(15-18)29-5-2)30-31(27,28)20-12-10-17(3)11-13-20/h6-15,26H,4-5,16H2,1-3H3. The van der Waals surface area contributed by atoms with Crippen LogP contribution in [-0.2, 0) is 23.1 Å². The highest BCUT2D eigenvalue weighted by Crippen LogP contribution is 2.39. The van der Waals surface area contributed by atoms with Crippen molar-refractivity contribution in [1.29, 1.82) is 0 Å². The van der Waals surface area contributed by atoms with Gasteiger partial charge in [-0.25, -0.2) is 0 Å². The maximum atomic E-state index is 12.8. The third-order valence-corrected chi connectivity index (χ3v) is 6.58. The van der Waals surface area contributed by atoms with E-state index in [2.05, 4.69) is 34.2 Å². The number of nitrogens with one attached hydrogen (secondary N) is 1. The van der Waals surface area contributed by atoms with Crippen molar-refractivity contribution in [3.63, 3.8) is 0 Å². The Hall–Kier alpha value is -2.51. The number of anilines is 1. The number of aryl methyl sites for hydroxylation is 2. The molecule has 0 bridgehead atoms. The van der Waals surface area contributed by atoms with E-state index < -0.39 is 10.1 Å². The predicted octanol–water partition coefficient (Wildman–Crippen LogP) is 6.10. The van der Waals surface area contributed by atoms with Crippen LogP contribution in [0, 0.1) is 6.92 Å². The molecule has 0 aliphatic rings. The fourth-order valence-corrected chi connectivity index (χ4v) is 4.76. The van der Waals surface area contributed by atoms with Gasteiger partial charge in [0, 0.05) is 12.2 Å². The molecule has 31 heavy (non-hydrogen) atoms. The third kappa shape index (κ3) is 5.80. The first-order chi connectivity index (χ1) is 14.8. The molecule has 3 aromatic rings. The van der Waals surface area contributed by atoms with Gasteiger partial charge in [0.2, 0.25) is 0 Å². The van der Waals surface area contributed by atoms with Crippen LogP contribution in [0.25, 0.3) is 0 Å². The number of benzene rings is 3. The Kier molecular flexibility index (Phi) is 7.62. The molecule has 164 valence electrons. The van der Waals surface area contributed by atoms with Crippen LogP contribution in [0.4, 0.5) is 5.69 Å². The summed E-state index contributed by atoms with van der Waals surface area (Å²) in [6.45, 7) is 6.79. The Bertz CT molecular complexity index is 1140. The zero-order chi connectivity index (χ0) is 22.4. The zero-order valence-electron chi connectivity index (χ0n) is 17.8. The quantitative estimate of drug-likeness (QED) is 0.357. The van der Waals surface area contributed by atoms with Gasteiger partial charge in [-0.1, -0.05) is 42.8 Å². The molecule has 0 amide bonds. The normalized spacial score (nSPS) is 11.2. The van der Waals surface area contributed by atoms with E-state index in [4.69, 9.17) is 8.92 Å². The molecule has 0 aromatic heterocycles. The van der Waals surface area contributed by atoms with Gasteiger partial charge in [-0.15, -0.1) is 0 Å². The Morgan fingerprint density at radius 2 is 1.71 bits per heavy atom. The number of hydrogen-bond donors (Lipinski definition) is 1. The monoisotopic (exact) mass is 503 g/mol. The summed E-state index contributed by atoms with van der Waals surface area (Å²) in [6.07, 6.45) is 0.931. The molecule has 0 unspecified atom stereocenters. The summed E-state index contributed by atoms with van der Waals surface area (Å²) < 4.78 is 37.2. The van der Waals surface area contributed by atoms with Gasteiger partial charge < -0.3 is 14.2 Å². The van der Waals surface area contributed by atoms with Gasteiger partial charge >= 0.3 is 10.1 Å². The van der Waals surface area contributed by atoms with Crippen molar-refractivity contribution < 1.29 is 17.3 Å². The Morgan fingerprint density at radius 3 is 2.39 bits per heavy atom. The summed E-state index contributed by atoms with van der Waals surface area (Å²) in [4.78, 5) is 0.0920. The Balaban J connectivity index is 1.87. The first-order valence-corrected chi connectivity index (χ1v) is 12.3. The molecule has 5 nitrogen and oxygen atoms in total. The van der Waals surface area contributed by atoms with Crippen LogP contribution in [0.1, 0.15) is 30.5 Å². The van der Waals surface area contributed by atoms with Crippen LogP contribution in [0.2, 0.25) is 0 Å². The molecule has 0 saturated carbocycles. The van der Waals surface area contributed by atoms with Crippen LogP contribution in [0.3, 0.4) is 0 Å². The minimum Gasteiger partial charge on any atom is -0.490 e. The molecule has 0 radical (unpaired) electrons. The van der Waals surface area contributed by atoms with E-state index in [1.165, 1.54) is 17.7 Å². The summed E-state index contributed by atoms with van der Waals surface area (Å²) in [5, 5.41) is 3.44. The van der Waals surface area contributed by atoms with Crippen LogP contribution in [-0.4, -0.2) is 15.0 Å². The topological polar surface area (TPSA) is 64.6 Å². The van der Waals surface area contributed by atoms with Gasteiger partial charge in [0.15, 0.2) is 11.5 Å². The largest absolute Gasteiger partial charge is 0.490 e. The summed E-state index contributed by atoms with van der Waals surface area (Å²) >= 11 is 3.46. The second-order valence-electron chi connectivity index (χ2n) is 7.05. The molecule has 0 heterocycles. The van der Waals surface area contributed by atoms with Crippen molar-refractivity contribution in [3.8, 4) is 11.5 Å². The summed E-state index contributed by atoms with van der Waals surface area (Å²) in [5.41, 5.74) is 4.20. The Labute approximate surface area is 192 Å². The van der Waals surface area contributed by atoms with Gasteiger partial charge in [0.05, 0.1) is 11.1 Å². The van der Waals surface area contributed by atoms with Crippen LogP contribution in [0.15, 0.2) is 70.0 Å². The first-order valence-electron chi connectivity index (χ1n) is 10.1. The second-order valence-corrected chi connectivity index (χ2v) is 9.45. The number of halogens is 1. The molecule has 0 spiro atoms. The smallest absolute Gasteiger partial charge is 0.339 e. The summed E-state index contributed by atoms with van der Waals surface area (Å²) in [7, 11) is -4.00. The highest BCUT2D eigenvalue weighted by Gasteiger charge is 2.22. The number of para-hydroxylation sites is 1. The molecule has 1 N–H and O–H groups in total. The highest BCUT2D eigenvalue weighted by molar-refractivity contribution is 9.10. The van der Waals surface area contributed by atoms with E-state index in [-0.39, 0.29) is 10.6 Å². The van der Waals surface area contributed by atoms with E-state index in [0.29, 0.717) is 23.4 Å². The maximum absolute atomic E-state index is 12.8. The van der Waals surface area contributed by atoms with E-state index in [1.54, 1.807) is 18.2 Å². The third-order valence-electron chi connectivity index (χ3n) is 4.75. The number of rotatable bonds is 9. The fourth-order valence-electron chi connectivity index (χ4n) is 3.13. The summed E-state index contributed by atoms with van der Waals surface area (Å²) in [6, 6.07) is 18.3. The average Bonchev–Trinajstić information content (AvgIpc) is 2.75. The lowest BCUT2D eigenvalue weighted by Gasteiger charge is -2.16. The van der Waals surface area contributed by atoms with Crippen molar-refractivity contribution in [3.05, 3.63) is 81.8 Å². The van der Waals surface area contributed by atoms with Crippen molar-refractivity contribution in [2.75, 3.05) is 11.9 Å². The van der Waals surface area contributed by atoms with Crippen molar-refractivity contribution >= 4 is 31.7 Å². The lowest BCUT2D eigenvalue weighted by Crippen LogP contribution is -2.12. The van der Waals surface area contributed by atoms with Gasteiger partial charge in [0.25, 0.3) is 0 Å². The molecule has 3 aromatic carbocycles. The number of hydrogen-bond acceptors (Lipinski definition) is 5. The molecule has 0 aliphatic heterocycles. The minimum atomic E-state index is -4.00. The van der Waals surface area contributed by atoms with Crippen LogP contribution >= 0.6 is 15.9 Å². The SMILES string of the molecule is CCOc1cc(CNc2ccccc2CC)cc(Br)c1OS(=O)(=O)c1ccc(C)cc1. The molecule has 3 rings (SSSR count). The van der Waals surface area contributed by atoms with Crippen molar-refractivity contribution in [2.45, 2.75) is 38.6 Å². The van der Waals surface area contributed by atoms with Crippen LogP contribution < -0.4 is 14.2 Å². The van der Waals surface area contributed by atoms with E-state index >= 15 is 0 Å². The molecule has 0 fully saturated rings. The molecule has 0 aliphatic carbocycles. The van der Waals surface area contributed by atoms with Crippen molar-refractivity contribution in [1.82, 2.24) is 0 Å². The molecular weight excluding hydrogens is 478 g/mol. The van der Waals surface area contributed by atoms with Gasteiger partial charge in [-0.2, -0.15) is 8.42 Å². The molecule has 0 atom stereocenters. The van der Waals surface area contributed by atoms with Crippen molar-refractivity contribution in [2.24, 2.45) is 0 Å². The molecule has 7 heteroatoms. The highest BCUT2D eigenvalue weighted by atomic mass is 79.9. The average molecular weight is 504 g/mol. The molecular formula is C24H26BrNO4S. The maximum Gasteiger partial charge on any atom is 0.339 e. The van der Waals surface area contributed by atoms with E-state index in [1.807, 2.05) is 38.1 Å². The fraction of sp³-hybridized carbons (Fsp3) is 0.250.